The summed E-state index contributed by atoms with van der Waals surface area (Å²) in [4.78, 5) is 15.1. The molecule has 1 aromatic heterocycles. The highest BCUT2D eigenvalue weighted by molar-refractivity contribution is 6.04. The van der Waals surface area contributed by atoms with E-state index in [1.807, 2.05) is 0 Å². The molecule has 0 bridgehead atoms. The van der Waals surface area contributed by atoms with Crippen LogP contribution in [0, 0.1) is 0 Å². The molecule has 0 saturated carbocycles. The number of hydrogen-bond acceptors (Lipinski definition) is 1. The van der Waals surface area contributed by atoms with Crippen LogP contribution in [0.25, 0.3) is 10.9 Å². The second-order valence-electron chi connectivity index (χ2n) is 4.17. The maximum absolute atomic E-state index is 12.9. The van der Waals surface area contributed by atoms with Gasteiger partial charge in [0.05, 0.1) is 5.56 Å². The highest BCUT2D eigenvalue weighted by atomic mass is 19.4. The van der Waals surface area contributed by atoms with E-state index < -0.39 is 23.6 Å². The summed E-state index contributed by atoms with van der Waals surface area (Å²) in [6, 6.07) is 4.85. The Balaban J connectivity index is 2.70. The van der Waals surface area contributed by atoms with Crippen LogP contribution in [0.5, 0.6) is 0 Å². The fourth-order valence-corrected chi connectivity index (χ4v) is 1.99. The van der Waals surface area contributed by atoms with E-state index in [1.54, 1.807) is 0 Å². The minimum absolute atomic E-state index is 0.0231. The number of hydrogen-bond donors (Lipinski definition) is 2. The van der Waals surface area contributed by atoms with Crippen LogP contribution in [-0.4, -0.2) is 16.4 Å². The van der Waals surface area contributed by atoms with Crippen molar-refractivity contribution in [3.05, 3.63) is 35.5 Å². The van der Waals surface area contributed by atoms with Crippen molar-refractivity contribution in [2.24, 2.45) is 23.5 Å². The number of amides is 1. The van der Waals surface area contributed by atoms with Crippen LogP contribution in [0.1, 0.15) is 16.1 Å². The van der Waals surface area contributed by atoms with Gasteiger partial charge in [0.15, 0.2) is 5.96 Å². The molecule has 1 aromatic carbocycles. The Bertz CT molecular complexity index is 711. The molecule has 0 aliphatic carbocycles. The summed E-state index contributed by atoms with van der Waals surface area (Å²) < 4.78 is 40.0. The standard InChI is InChI=1S/C12H11F3N4O/c1-19-8-4-2-3-7(12(13,14)15)6(8)5-9(19)10(20)18-11(16)17/h2-5H,1H3,(H4,16,17,18,20). The molecule has 1 heterocycles. The van der Waals surface area contributed by atoms with Gasteiger partial charge in [-0.2, -0.15) is 18.2 Å². The first-order valence-electron chi connectivity index (χ1n) is 5.51. The third-order valence-electron chi connectivity index (χ3n) is 2.84. The molecule has 0 aliphatic rings. The van der Waals surface area contributed by atoms with Gasteiger partial charge in [0.25, 0.3) is 5.91 Å². The zero-order valence-electron chi connectivity index (χ0n) is 10.4. The molecular formula is C12H11F3N4O. The predicted octanol–water partition coefficient (Wildman–Crippen LogP) is 1.61. The van der Waals surface area contributed by atoms with Crippen LogP contribution in [0.3, 0.4) is 0 Å². The molecule has 0 fully saturated rings. The maximum Gasteiger partial charge on any atom is 0.417 e. The van der Waals surface area contributed by atoms with Crippen LogP contribution < -0.4 is 11.5 Å². The third kappa shape index (κ3) is 2.31. The molecule has 1 amide bonds. The van der Waals surface area contributed by atoms with Crippen molar-refractivity contribution in [3.8, 4) is 0 Å². The summed E-state index contributed by atoms with van der Waals surface area (Å²) in [7, 11) is 1.47. The number of aliphatic imine (C=N–C) groups is 1. The van der Waals surface area contributed by atoms with Gasteiger partial charge in [0.1, 0.15) is 5.69 Å². The number of halogens is 3. The lowest BCUT2D eigenvalue weighted by Crippen LogP contribution is -2.24. The van der Waals surface area contributed by atoms with E-state index in [0.717, 1.165) is 12.1 Å². The molecule has 0 unspecified atom stereocenters. The molecule has 0 aliphatic heterocycles. The summed E-state index contributed by atoms with van der Waals surface area (Å²) in [5.74, 6) is -1.24. The van der Waals surface area contributed by atoms with E-state index in [9.17, 15) is 18.0 Å². The number of rotatable bonds is 1. The summed E-state index contributed by atoms with van der Waals surface area (Å²) in [6.07, 6.45) is -4.50. The van der Waals surface area contributed by atoms with Crippen molar-refractivity contribution in [3.63, 3.8) is 0 Å². The lowest BCUT2D eigenvalue weighted by Gasteiger charge is -2.07. The highest BCUT2D eigenvalue weighted by Gasteiger charge is 2.33. The number of aromatic nitrogens is 1. The monoisotopic (exact) mass is 284 g/mol. The van der Waals surface area contributed by atoms with Gasteiger partial charge in [-0.15, -0.1) is 0 Å². The van der Waals surface area contributed by atoms with E-state index in [2.05, 4.69) is 4.99 Å². The maximum atomic E-state index is 12.9. The summed E-state index contributed by atoms with van der Waals surface area (Å²) in [6.45, 7) is 0. The number of nitrogens with two attached hydrogens (primary N) is 2. The van der Waals surface area contributed by atoms with Crippen LogP contribution in [0.4, 0.5) is 13.2 Å². The molecule has 5 nitrogen and oxygen atoms in total. The van der Waals surface area contributed by atoms with Gasteiger partial charge in [-0.3, -0.25) is 4.79 Å². The van der Waals surface area contributed by atoms with E-state index in [4.69, 9.17) is 11.5 Å². The van der Waals surface area contributed by atoms with Gasteiger partial charge in [0, 0.05) is 18.0 Å². The molecular weight excluding hydrogens is 273 g/mol. The lowest BCUT2D eigenvalue weighted by atomic mass is 10.1. The first-order chi connectivity index (χ1) is 9.21. The number of alkyl halides is 3. The highest BCUT2D eigenvalue weighted by Crippen LogP contribution is 2.35. The van der Waals surface area contributed by atoms with Crippen LogP contribution in [-0.2, 0) is 13.2 Å². The second-order valence-corrected chi connectivity index (χ2v) is 4.17. The van der Waals surface area contributed by atoms with Crippen molar-refractivity contribution in [1.29, 1.82) is 0 Å². The van der Waals surface area contributed by atoms with E-state index in [0.29, 0.717) is 0 Å². The fraction of sp³-hybridized carbons (Fsp3) is 0.167. The summed E-state index contributed by atoms with van der Waals surface area (Å²) in [5, 5.41) is -0.0726. The number of carbonyl (C=O) groups excluding carboxylic acids is 1. The van der Waals surface area contributed by atoms with Crippen LogP contribution in [0.15, 0.2) is 29.3 Å². The Morgan fingerprint density at radius 1 is 1.30 bits per heavy atom. The zero-order valence-corrected chi connectivity index (χ0v) is 10.4. The van der Waals surface area contributed by atoms with Crippen molar-refractivity contribution in [2.75, 3.05) is 0 Å². The first kappa shape index (κ1) is 13.9. The van der Waals surface area contributed by atoms with Gasteiger partial charge in [-0.25, -0.2) is 0 Å². The molecule has 0 saturated heterocycles. The SMILES string of the molecule is Cn1c(C(=O)N=C(N)N)cc2c(C(F)(F)F)cccc21. The lowest BCUT2D eigenvalue weighted by molar-refractivity contribution is -0.136. The Kier molecular flexibility index (Phi) is 3.16. The van der Waals surface area contributed by atoms with Gasteiger partial charge in [-0.1, -0.05) is 6.07 Å². The van der Waals surface area contributed by atoms with E-state index >= 15 is 0 Å². The van der Waals surface area contributed by atoms with Crippen molar-refractivity contribution in [1.82, 2.24) is 4.57 Å². The molecule has 4 N–H and O–H groups in total. The molecule has 2 aromatic rings. The van der Waals surface area contributed by atoms with Crippen LogP contribution >= 0.6 is 0 Å². The number of guanidine groups is 1. The molecule has 0 spiro atoms. The van der Waals surface area contributed by atoms with Crippen LogP contribution in [0.2, 0.25) is 0 Å². The number of nitrogens with zero attached hydrogens (tertiary/aromatic N) is 2. The average molecular weight is 284 g/mol. The quantitative estimate of drug-likeness (QED) is 0.616. The minimum Gasteiger partial charge on any atom is -0.370 e. The number of benzene rings is 1. The van der Waals surface area contributed by atoms with Gasteiger partial charge < -0.3 is 16.0 Å². The normalized spacial score (nSPS) is 11.6. The topological polar surface area (TPSA) is 86.4 Å². The van der Waals surface area contributed by atoms with Gasteiger partial charge in [-0.05, 0) is 18.2 Å². The number of carbonyl (C=O) groups is 1. The Morgan fingerprint density at radius 2 is 1.95 bits per heavy atom. The van der Waals surface area contributed by atoms with Crippen molar-refractivity contribution >= 4 is 22.8 Å². The van der Waals surface area contributed by atoms with Gasteiger partial charge >= 0.3 is 6.18 Å². The van der Waals surface area contributed by atoms with E-state index in [-0.39, 0.29) is 16.6 Å². The van der Waals surface area contributed by atoms with Crippen molar-refractivity contribution < 1.29 is 18.0 Å². The first-order valence-corrected chi connectivity index (χ1v) is 5.51. The summed E-state index contributed by atoms with van der Waals surface area (Å²) in [5.41, 5.74) is 9.62. The zero-order chi connectivity index (χ0) is 15.1. The second kappa shape index (κ2) is 4.55. The molecule has 0 radical (unpaired) electrons. The number of aryl methyl sites for hydroxylation is 1. The largest absolute Gasteiger partial charge is 0.417 e. The Hall–Kier alpha value is -2.51. The third-order valence-corrected chi connectivity index (χ3v) is 2.84. The predicted molar refractivity (Wildman–Crippen MR) is 68.1 cm³/mol. The smallest absolute Gasteiger partial charge is 0.370 e. The molecule has 0 atom stereocenters. The van der Waals surface area contributed by atoms with Crippen molar-refractivity contribution in [2.45, 2.75) is 6.18 Å². The van der Waals surface area contributed by atoms with Gasteiger partial charge in [0.2, 0.25) is 0 Å². The fourth-order valence-electron chi connectivity index (χ4n) is 1.99. The van der Waals surface area contributed by atoms with E-state index in [1.165, 1.54) is 23.7 Å². The molecule has 106 valence electrons. The summed E-state index contributed by atoms with van der Waals surface area (Å²) >= 11 is 0. The molecule has 2 rings (SSSR count). The molecule has 8 heteroatoms. The Morgan fingerprint density at radius 3 is 2.50 bits per heavy atom. The Labute approximate surface area is 111 Å². The minimum atomic E-state index is -4.50. The molecule has 20 heavy (non-hydrogen) atoms. The number of fused-ring (bicyclic) bond motifs is 1. The average Bonchev–Trinajstić information content (AvgIpc) is 2.65.